The Hall–Kier alpha value is -1.36. The molecule has 0 aromatic carbocycles. The average Bonchev–Trinajstić information content (AvgIpc) is 2.22. The van der Waals surface area contributed by atoms with E-state index in [4.69, 9.17) is 16.3 Å². The molecule has 0 spiro atoms. The Morgan fingerprint density at radius 2 is 2.31 bits per heavy atom. The van der Waals surface area contributed by atoms with Crippen molar-refractivity contribution in [3.05, 3.63) is 33.2 Å². The van der Waals surface area contributed by atoms with Crippen molar-refractivity contribution in [2.45, 2.75) is 13.5 Å². The smallest absolute Gasteiger partial charge is 0.341 e. The number of aryl methyl sites for hydroxylation is 1. The van der Waals surface area contributed by atoms with E-state index in [0.29, 0.717) is 0 Å². The van der Waals surface area contributed by atoms with Crippen LogP contribution >= 0.6 is 11.6 Å². The zero-order valence-corrected chi connectivity index (χ0v) is 9.46. The van der Waals surface area contributed by atoms with E-state index in [0.717, 1.165) is 10.6 Å². The second-order valence-corrected chi connectivity index (χ2v) is 3.38. The normalized spacial score (nSPS) is 10.2. The molecule has 1 rings (SSSR count). The predicted octanol–water partition coefficient (Wildman–Crippen LogP) is 1.65. The van der Waals surface area contributed by atoms with Crippen LogP contribution in [0, 0.1) is 0 Å². The Kier molecular flexibility index (Phi) is 4.49. The second-order valence-electron chi connectivity index (χ2n) is 2.98. The van der Waals surface area contributed by atoms with E-state index >= 15 is 0 Å². The van der Waals surface area contributed by atoms with Gasteiger partial charge in [-0.2, -0.15) is 0 Å². The lowest BCUT2D eigenvalue weighted by Crippen LogP contribution is -2.22. The SMILES string of the molecule is CCOC(=O)c1cn(CCF)c(=O)cc1Cl. The molecule has 6 heteroatoms. The van der Waals surface area contributed by atoms with E-state index in [9.17, 15) is 14.0 Å². The molecule has 88 valence electrons. The number of nitrogens with zero attached hydrogens (tertiary/aromatic N) is 1. The molecule has 0 atom stereocenters. The van der Waals surface area contributed by atoms with E-state index in [1.807, 2.05) is 0 Å². The summed E-state index contributed by atoms with van der Waals surface area (Å²) in [5, 5.41) is 0.0126. The molecule has 0 aliphatic rings. The summed E-state index contributed by atoms with van der Waals surface area (Å²) in [5.74, 6) is -0.625. The fraction of sp³-hybridized carbons (Fsp3) is 0.400. The molecule has 1 aromatic heterocycles. The fourth-order valence-corrected chi connectivity index (χ4v) is 1.39. The van der Waals surface area contributed by atoms with Crippen LogP contribution in [-0.2, 0) is 11.3 Å². The molecule has 1 heterocycles. The summed E-state index contributed by atoms with van der Waals surface area (Å²) in [6.07, 6.45) is 1.21. The number of esters is 1. The van der Waals surface area contributed by atoms with Crippen molar-refractivity contribution in [3.8, 4) is 0 Å². The molecule has 4 nitrogen and oxygen atoms in total. The third kappa shape index (κ3) is 2.82. The van der Waals surface area contributed by atoms with E-state index < -0.39 is 18.2 Å². The first-order chi connectivity index (χ1) is 7.60. The van der Waals surface area contributed by atoms with Gasteiger partial charge in [-0.25, -0.2) is 9.18 Å². The maximum atomic E-state index is 12.1. The Labute approximate surface area is 96.6 Å². The monoisotopic (exact) mass is 247 g/mol. The molecule has 0 saturated carbocycles. The summed E-state index contributed by atoms with van der Waals surface area (Å²) < 4.78 is 18.0. The van der Waals surface area contributed by atoms with Gasteiger partial charge in [0.2, 0.25) is 0 Å². The van der Waals surface area contributed by atoms with E-state index in [2.05, 4.69) is 0 Å². The van der Waals surface area contributed by atoms with Crippen molar-refractivity contribution in [3.63, 3.8) is 0 Å². The highest BCUT2D eigenvalue weighted by atomic mass is 35.5. The number of hydrogen-bond donors (Lipinski definition) is 0. The highest BCUT2D eigenvalue weighted by Crippen LogP contribution is 2.14. The highest BCUT2D eigenvalue weighted by Gasteiger charge is 2.13. The number of carbonyl (C=O) groups excluding carboxylic acids is 1. The van der Waals surface area contributed by atoms with Gasteiger partial charge in [0.1, 0.15) is 6.67 Å². The quantitative estimate of drug-likeness (QED) is 0.760. The Morgan fingerprint density at radius 3 is 2.88 bits per heavy atom. The van der Waals surface area contributed by atoms with Gasteiger partial charge in [0.25, 0.3) is 5.56 Å². The Morgan fingerprint density at radius 1 is 1.62 bits per heavy atom. The molecule has 0 radical (unpaired) electrons. The van der Waals surface area contributed by atoms with Crippen LogP contribution in [0.2, 0.25) is 5.02 Å². The summed E-state index contributed by atoms with van der Waals surface area (Å²) in [6, 6.07) is 1.07. The number of halogens is 2. The Bertz CT molecular complexity index is 444. The van der Waals surface area contributed by atoms with Gasteiger partial charge in [0, 0.05) is 12.3 Å². The van der Waals surface area contributed by atoms with Gasteiger partial charge in [-0.15, -0.1) is 0 Å². The molecular formula is C10H11ClFNO3. The number of rotatable bonds is 4. The van der Waals surface area contributed by atoms with Crippen LogP contribution in [0.1, 0.15) is 17.3 Å². The minimum atomic E-state index is -0.691. The molecule has 0 unspecified atom stereocenters. The lowest BCUT2D eigenvalue weighted by molar-refractivity contribution is 0.0525. The number of pyridine rings is 1. The van der Waals surface area contributed by atoms with Crippen LogP contribution in [0.3, 0.4) is 0 Å². The third-order valence-electron chi connectivity index (χ3n) is 1.90. The Balaban J connectivity index is 3.14. The summed E-state index contributed by atoms with van der Waals surface area (Å²) >= 11 is 5.72. The number of aromatic nitrogens is 1. The van der Waals surface area contributed by atoms with E-state index in [1.165, 1.54) is 6.20 Å². The summed E-state index contributed by atoms with van der Waals surface area (Å²) in [7, 11) is 0. The van der Waals surface area contributed by atoms with Crippen molar-refractivity contribution >= 4 is 17.6 Å². The molecular weight excluding hydrogens is 237 g/mol. The lowest BCUT2D eigenvalue weighted by Gasteiger charge is -2.07. The van der Waals surface area contributed by atoms with Crippen LogP contribution in [0.25, 0.3) is 0 Å². The fourth-order valence-electron chi connectivity index (χ4n) is 1.18. The molecule has 0 saturated heterocycles. The van der Waals surface area contributed by atoms with Crippen LogP contribution in [0.5, 0.6) is 0 Å². The van der Waals surface area contributed by atoms with Crippen LogP contribution in [-0.4, -0.2) is 23.8 Å². The maximum absolute atomic E-state index is 12.1. The van der Waals surface area contributed by atoms with Gasteiger partial charge in [-0.1, -0.05) is 11.6 Å². The van der Waals surface area contributed by atoms with Crippen LogP contribution in [0.15, 0.2) is 17.1 Å². The first-order valence-corrected chi connectivity index (χ1v) is 5.11. The van der Waals surface area contributed by atoms with Gasteiger partial charge in [-0.05, 0) is 6.92 Å². The predicted molar refractivity (Wildman–Crippen MR) is 57.6 cm³/mol. The third-order valence-corrected chi connectivity index (χ3v) is 2.21. The van der Waals surface area contributed by atoms with Gasteiger partial charge in [-0.3, -0.25) is 4.79 Å². The molecule has 16 heavy (non-hydrogen) atoms. The van der Waals surface area contributed by atoms with E-state index in [1.54, 1.807) is 6.92 Å². The average molecular weight is 248 g/mol. The van der Waals surface area contributed by atoms with E-state index in [-0.39, 0.29) is 23.7 Å². The second kappa shape index (κ2) is 5.65. The minimum Gasteiger partial charge on any atom is -0.462 e. The van der Waals surface area contributed by atoms with Crippen molar-refractivity contribution in [1.29, 1.82) is 0 Å². The van der Waals surface area contributed by atoms with Gasteiger partial charge in [0.15, 0.2) is 0 Å². The largest absolute Gasteiger partial charge is 0.462 e. The lowest BCUT2D eigenvalue weighted by atomic mass is 10.3. The van der Waals surface area contributed by atoms with Crippen molar-refractivity contribution < 1.29 is 13.9 Å². The van der Waals surface area contributed by atoms with Crippen molar-refractivity contribution in [2.24, 2.45) is 0 Å². The van der Waals surface area contributed by atoms with Crippen molar-refractivity contribution in [2.75, 3.05) is 13.3 Å². The first-order valence-electron chi connectivity index (χ1n) is 4.73. The molecule has 0 N–H and O–H groups in total. The highest BCUT2D eigenvalue weighted by molar-refractivity contribution is 6.33. The van der Waals surface area contributed by atoms with Crippen LogP contribution < -0.4 is 5.56 Å². The zero-order chi connectivity index (χ0) is 12.1. The summed E-state index contributed by atoms with van der Waals surface area (Å²) in [5.41, 5.74) is -0.382. The molecule has 0 fully saturated rings. The summed E-state index contributed by atoms with van der Waals surface area (Å²) in [6.45, 7) is 1.06. The number of hydrogen-bond acceptors (Lipinski definition) is 3. The molecule has 1 aromatic rings. The van der Waals surface area contributed by atoms with Crippen molar-refractivity contribution in [1.82, 2.24) is 4.57 Å². The zero-order valence-electron chi connectivity index (χ0n) is 8.70. The van der Waals surface area contributed by atoms with Gasteiger partial charge >= 0.3 is 5.97 Å². The number of carbonyl (C=O) groups is 1. The molecule has 0 bridgehead atoms. The van der Waals surface area contributed by atoms with Crippen LogP contribution in [0.4, 0.5) is 4.39 Å². The number of alkyl halides is 1. The molecule has 0 aliphatic carbocycles. The topological polar surface area (TPSA) is 48.3 Å². The van der Waals surface area contributed by atoms with Gasteiger partial charge in [0.05, 0.1) is 23.7 Å². The number of ether oxygens (including phenoxy) is 1. The molecule has 0 aliphatic heterocycles. The maximum Gasteiger partial charge on any atom is 0.341 e. The minimum absolute atomic E-state index is 0.0126. The standard InChI is InChI=1S/C10H11ClFNO3/c1-2-16-10(15)7-6-13(4-3-12)9(14)5-8(7)11/h5-6H,2-4H2,1H3. The summed E-state index contributed by atoms with van der Waals surface area (Å²) in [4.78, 5) is 22.7. The first kappa shape index (κ1) is 12.7. The van der Waals surface area contributed by atoms with Gasteiger partial charge < -0.3 is 9.30 Å². The molecule has 0 amide bonds.